The highest BCUT2D eigenvalue weighted by Crippen LogP contribution is 2.36. The van der Waals surface area contributed by atoms with Crippen molar-refractivity contribution in [3.63, 3.8) is 0 Å². The molecule has 34 heavy (non-hydrogen) atoms. The van der Waals surface area contributed by atoms with E-state index in [4.69, 9.17) is 29.2 Å². The van der Waals surface area contributed by atoms with Gasteiger partial charge in [-0.1, -0.05) is 0 Å². The molecule has 3 rings (SSSR count). The molecule has 1 amide bonds. The maximum atomic E-state index is 12.7. The van der Waals surface area contributed by atoms with Crippen molar-refractivity contribution in [1.29, 1.82) is 0 Å². The number of Topliss-reactive ketones (excluding diaryl/α,β-unsaturated/α-hetero) is 1. The van der Waals surface area contributed by atoms with Crippen molar-refractivity contribution < 1.29 is 48.3 Å². The molecule has 178 valence electrons. The van der Waals surface area contributed by atoms with Gasteiger partial charge in [-0.2, -0.15) is 0 Å². The van der Waals surface area contributed by atoms with Crippen LogP contribution in [0.1, 0.15) is 22.3 Å². The topological polar surface area (TPSA) is 158 Å². The summed E-state index contributed by atoms with van der Waals surface area (Å²) in [7, 11) is 3.01. The van der Waals surface area contributed by atoms with Gasteiger partial charge in [0.1, 0.15) is 29.0 Å². The van der Waals surface area contributed by atoms with Gasteiger partial charge in [-0.05, 0) is 30.3 Å². The average molecular weight is 471 g/mol. The molecule has 2 aromatic rings. The van der Waals surface area contributed by atoms with Crippen molar-refractivity contribution in [3.05, 3.63) is 53.3 Å². The molecule has 0 saturated heterocycles. The van der Waals surface area contributed by atoms with E-state index in [1.165, 1.54) is 38.5 Å². The fourth-order valence-corrected chi connectivity index (χ4v) is 3.10. The van der Waals surface area contributed by atoms with Crippen LogP contribution in [0.15, 0.2) is 42.2 Å². The van der Waals surface area contributed by atoms with Crippen LogP contribution in [0.5, 0.6) is 23.0 Å². The zero-order chi connectivity index (χ0) is 24.8. The first-order valence-electron chi connectivity index (χ1n) is 9.89. The molecule has 1 unspecified atom stereocenters. The molecule has 3 N–H and O–H groups in total. The van der Waals surface area contributed by atoms with Crippen LogP contribution in [0.4, 0.5) is 0 Å². The van der Waals surface area contributed by atoms with Crippen LogP contribution in [-0.2, 0) is 14.4 Å². The number of ether oxygens (including phenoxy) is 4. The summed E-state index contributed by atoms with van der Waals surface area (Å²) in [6.45, 7) is -0.568. The lowest BCUT2D eigenvalue weighted by Crippen LogP contribution is -2.44. The molecular formula is C23H21NO10. The number of methoxy groups -OCH3 is 2. The number of carbonyl (C=O) groups excluding carboxylic acids is 2. The summed E-state index contributed by atoms with van der Waals surface area (Å²) >= 11 is 0. The molecule has 1 atom stereocenters. The number of fused-ring (bicyclic) bond motifs is 1. The first-order chi connectivity index (χ1) is 16.2. The number of rotatable bonds is 10. The van der Waals surface area contributed by atoms with Crippen molar-refractivity contribution in [1.82, 2.24) is 5.32 Å². The normalized spacial score (nSPS) is 14.1. The second kappa shape index (κ2) is 10.4. The summed E-state index contributed by atoms with van der Waals surface area (Å²) in [5.41, 5.74) is 0.893. The summed E-state index contributed by atoms with van der Waals surface area (Å²) in [5.74, 6) is -2.48. The Kier molecular flexibility index (Phi) is 7.36. The maximum absolute atomic E-state index is 12.7. The monoisotopic (exact) mass is 471 g/mol. The Labute approximate surface area is 193 Å². The minimum atomic E-state index is -1.59. The standard InChI is InChI=1S/C23H21NO10/c1-31-13-4-3-12(17(8-13)32-2)7-19-22(28)15-6-5-14(9-18(15)34-19)33-11-20(25)24-16(23(29)30)10-21(26)27/h3-9,16H,10-11H2,1-2H3,(H,24,25)(H,26,27)(H,29,30). The van der Waals surface area contributed by atoms with Gasteiger partial charge in [-0.15, -0.1) is 0 Å². The highest BCUT2D eigenvalue weighted by atomic mass is 16.5. The molecule has 0 bridgehead atoms. The SMILES string of the molecule is COc1ccc(C=C2Oc3cc(OCC(=O)NC(CC(=O)O)C(=O)O)ccc3C2=O)c(OC)c1. The molecule has 11 nitrogen and oxygen atoms in total. The molecule has 0 fully saturated rings. The summed E-state index contributed by atoms with van der Waals surface area (Å²) in [5, 5.41) is 19.8. The highest BCUT2D eigenvalue weighted by Gasteiger charge is 2.28. The van der Waals surface area contributed by atoms with Crippen molar-refractivity contribution in [2.24, 2.45) is 0 Å². The van der Waals surface area contributed by atoms with Gasteiger partial charge >= 0.3 is 11.9 Å². The number of benzene rings is 2. The summed E-state index contributed by atoms with van der Waals surface area (Å²) in [6, 6.07) is 7.85. The molecule has 0 spiro atoms. The Morgan fingerprint density at radius 2 is 1.79 bits per heavy atom. The molecule has 1 heterocycles. The Balaban J connectivity index is 1.69. The zero-order valence-electron chi connectivity index (χ0n) is 18.2. The van der Waals surface area contributed by atoms with E-state index in [0.717, 1.165) is 0 Å². The number of nitrogens with one attached hydrogen (secondary N) is 1. The number of carbonyl (C=O) groups is 4. The summed E-state index contributed by atoms with van der Waals surface area (Å²) in [4.78, 5) is 46.4. The number of allylic oxidation sites excluding steroid dienone is 1. The Morgan fingerprint density at radius 3 is 2.44 bits per heavy atom. The lowest BCUT2D eigenvalue weighted by Gasteiger charge is -2.13. The maximum Gasteiger partial charge on any atom is 0.326 e. The first-order valence-corrected chi connectivity index (χ1v) is 9.89. The molecular weight excluding hydrogens is 450 g/mol. The van der Waals surface area contributed by atoms with Crippen LogP contribution < -0.4 is 24.3 Å². The number of carboxylic acid groups (broad SMARTS) is 2. The van der Waals surface area contributed by atoms with Crippen LogP contribution in [0.25, 0.3) is 6.08 Å². The van der Waals surface area contributed by atoms with Gasteiger partial charge in [0.2, 0.25) is 5.78 Å². The molecule has 11 heteroatoms. The number of hydrogen-bond acceptors (Lipinski definition) is 8. The van der Waals surface area contributed by atoms with Crippen molar-refractivity contribution >= 4 is 29.7 Å². The molecule has 0 saturated carbocycles. The van der Waals surface area contributed by atoms with Crippen LogP contribution in [-0.4, -0.2) is 60.7 Å². The number of hydrogen-bond donors (Lipinski definition) is 3. The highest BCUT2D eigenvalue weighted by molar-refractivity contribution is 6.14. The molecule has 0 aromatic heterocycles. The third-order valence-electron chi connectivity index (χ3n) is 4.75. The quantitative estimate of drug-likeness (QED) is 0.436. The van der Waals surface area contributed by atoms with Crippen molar-refractivity contribution in [2.45, 2.75) is 12.5 Å². The van der Waals surface area contributed by atoms with Crippen LogP contribution in [0.2, 0.25) is 0 Å². The van der Waals surface area contributed by atoms with Crippen LogP contribution in [0, 0.1) is 0 Å². The average Bonchev–Trinajstić information content (AvgIpc) is 3.11. The Hall–Kier alpha value is -4.54. The smallest absolute Gasteiger partial charge is 0.326 e. The van der Waals surface area contributed by atoms with Crippen LogP contribution >= 0.6 is 0 Å². The second-order valence-electron chi connectivity index (χ2n) is 7.05. The van der Waals surface area contributed by atoms with E-state index in [1.54, 1.807) is 18.2 Å². The van der Waals surface area contributed by atoms with Crippen molar-refractivity contribution in [3.8, 4) is 23.0 Å². The van der Waals surface area contributed by atoms with Gasteiger partial charge in [-0.3, -0.25) is 14.4 Å². The van der Waals surface area contributed by atoms with Gasteiger partial charge in [0.05, 0.1) is 26.2 Å². The second-order valence-corrected chi connectivity index (χ2v) is 7.05. The lowest BCUT2D eigenvalue weighted by atomic mass is 10.1. The minimum Gasteiger partial charge on any atom is -0.497 e. The minimum absolute atomic E-state index is 0.0614. The fraction of sp³-hybridized carbons (Fsp3) is 0.217. The van der Waals surface area contributed by atoms with Gasteiger partial charge < -0.3 is 34.5 Å². The van der Waals surface area contributed by atoms with E-state index in [0.29, 0.717) is 22.6 Å². The molecule has 0 radical (unpaired) electrons. The predicted octanol–water partition coefficient (Wildman–Crippen LogP) is 1.74. The molecule has 0 aliphatic carbocycles. The number of aliphatic carboxylic acids is 2. The summed E-state index contributed by atoms with van der Waals surface area (Å²) < 4.78 is 21.5. The zero-order valence-corrected chi connectivity index (χ0v) is 18.2. The predicted molar refractivity (Wildman–Crippen MR) is 116 cm³/mol. The summed E-state index contributed by atoms with van der Waals surface area (Å²) in [6.07, 6.45) is 0.757. The lowest BCUT2D eigenvalue weighted by molar-refractivity contribution is -0.147. The van der Waals surface area contributed by atoms with Gasteiger partial charge in [0, 0.05) is 17.7 Å². The molecule has 2 aromatic carbocycles. The molecule has 1 aliphatic rings. The number of carboxylic acids is 2. The third-order valence-corrected chi connectivity index (χ3v) is 4.75. The van der Waals surface area contributed by atoms with Gasteiger partial charge in [-0.25, -0.2) is 4.79 Å². The third kappa shape index (κ3) is 5.63. The van der Waals surface area contributed by atoms with Crippen LogP contribution in [0.3, 0.4) is 0 Å². The Morgan fingerprint density at radius 1 is 1.06 bits per heavy atom. The van der Waals surface area contributed by atoms with E-state index in [2.05, 4.69) is 5.32 Å². The van der Waals surface area contributed by atoms with E-state index in [1.807, 2.05) is 0 Å². The number of ketones is 1. The largest absolute Gasteiger partial charge is 0.497 e. The van der Waals surface area contributed by atoms with Crippen molar-refractivity contribution in [2.75, 3.05) is 20.8 Å². The van der Waals surface area contributed by atoms with Gasteiger partial charge in [0.25, 0.3) is 5.91 Å². The van der Waals surface area contributed by atoms with E-state index in [9.17, 15) is 19.2 Å². The van der Waals surface area contributed by atoms with E-state index >= 15 is 0 Å². The Bertz CT molecular complexity index is 1170. The number of amides is 1. The van der Waals surface area contributed by atoms with Gasteiger partial charge in [0.15, 0.2) is 12.4 Å². The molecule has 1 aliphatic heterocycles. The van der Waals surface area contributed by atoms with E-state index < -0.39 is 36.9 Å². The first kappa shape index (κ1) is 24.1. The van der Waals surface area contributed by atoms with E-state index in [-0.39, 0.29) is 23.0 Å². The fourth-order valence-electron chi connectivity index (χ4n) is 3.10.